The smallest absolute Gasteiger partial charge is 0.152 e. The molecule has 0 aliphatic rings. The third kappa shape index (κ3) is 2.36. The molecule has 3 nitrogen and oxygen atoms in total. The number of aromatic hydroxyl groups is 1. The van der Waals surface area contributed by atoms with Gasteiger partial charge in [0.1, 0.15) is 5.75 Å². The maximum atomic E-state index is 10.8. The van der Waals surface area contributed by atoms with E-state index in [9.17, 15) is 9.90 Å². The summed E-state index contributed by atoms with van der Waals surface area (Å²) >= 11 is 0. The first-order chi connectivity index (χ1) is 6.50. The van der Waals surface area contributed by atoms with Gasteiger partial charge in [0, 0.05) is 17.3 Å². The zero-order valence-electron chi connectivity index (χ0n) is 8.24. The van der Waals surface area contributed by atoms with Gasteiger partial charge in [-0.05, 0) is 37.6 Å². The van der Waals surface area contributed by atoms with Crippen LogP contribution in [-0.2, 0) is 4.79 Å². The van der Waals surface area contributed by atoms with Crippen molar-refractivity contribution in [1.29, 1.82) is 0 Å². The minimum absolute atomic E-state index is 0.0428. The minimum Gasteiger partial charge on any atom is -0.507 e. The Bertz CT molecular complexity index is 394. The number of phenols is 1. The predicted molar refractivity (Wildman–Crippen MR) is 56.9 cm³/mol. The Balaban J connectivity index is 3.14. The molecule has 3 heteroatoms. The maximum absolute atomic E-state index is 10.8. The van der Waals surface area contributed by atoms with E-state index in [4.69, 9.17) is 5.73 Å². The number of carbonyl (C=O) groups excluding carboxylic acids is 1. The number of rotatable bonds is 2. The normalized spacial score (nSPS) is 11.4. The molecule has 1 aromatic rings. The van der Waals surface area contributed by atoms with Gasteiger partial charge in [0.25, 0.3) is 0 Å². The number of allylic oxidation sites excluding steroid dienone is 2. The van der Waals surface area contributed by atoms with Gasteiger partial charge in [-0.3, -0.25) is 4.79 Å². The first-order valence-corrected chi connectivity index (χ1v) is 4.28. The largest absolute Gasteiger partial charge is 0.507 e. The molecule has 0 aromatic heterocycles. The van der Waals surface area contributed by atoms with Gasteiger partial charge in [0.05, 0.1) is 0 Å². The summed E-state index contributed by atoms with van der Waals surface area (Å²) in [5.74, 6) is 0.0544. The highest BCUT2D eigenvalue weighted by Crippen LogP contribution is 2.26. The average molecular weight is 191 g/mol. The molecule has 0 aliphatic heterocycles. The van der Waals surface area contributed by atoms with Gasteiger partial charge in [-0.25, -0.2) is 0 Å². The number of nitrogen functional groups attached to an aromatic ring is 1. The Hall–Kier alpha value is -1.77. The van der Waals surface area contributed by atoms with Gasteiger partial charge in [0.15, 0.2) is 5.78 Å². The number of ketones is 1. The summed E-state index contributed by atoms with van der Waals surface area (Å²) in [6, 6.07) is 4.85. The van der Waals surface area contributed by atoms with Gasteiger partial charge >= 0.3 is 0 Å². The molecule has 1 aromatic carbocycles. The van der Waals surface area contributed by atoms with Crippen LogP contribution in [0.2, 0.25) is 0 Å². The Labute approximate surface area is 82.9 Å². The first-order valence-electron chi connectivity index (χ1n) is 4.28. The van der Waals surface area contributed by atoms with E-state index in [1.165, 1.54) is 19.1 Å². The molecule has 0 heterocycles. The third-order valence-electron chi connectivity index (χ3n) is 1.87. The monoisotopic (exact) mass is 191 g/mol. The molecule has 0 saturated carbocycles. The van der Waals surface area contributed by atoms with E-state index in [0.29, 0.717) is 11.3 Å². The van der Waals surface area contributed by atoms with Crippen LogP contribution in [0.25, 0.3) is 5.57 Å². The molecule has 3 N–H and O–H groups in total. The Morgan fingerprint density at radius 1 is 1.43 bits per heavy atom. The highest BCUT2D eigenvalue weighted by molar-refractivity contribution is 5.95. The average Bonchev–Trinajstić information content (AvgIpc) is 2.01. The zero-order valence-corrected chi connectivity index (χ0v) is 8.24. The topological polar surface area (TPSA) is 63.3 Å². The van der Waals surface area contributed by atoms with E-state index >= 15 is 0 Å². The van der Waals surface area contributed by atoms with Crippen molar-refractivity contribution < 1.29 is 9.90 Å². The summed E-state index contributed by atoms with van der Waals surface area (Å²) in [4.78, 5) is 10.8. The molecule has 0 aliphatic carbocycles. The van der Waals surface area contributed by atoms with Crippen LogP contribution in [0.3, 0.4) is 0 Å². The number of nitrogens with two attached hydrogens (primary N) is 1. The SMILES string of the molecule is CC(=O)/C=C(/C)c1ccc(N)cc1O. The number of hydrogen-bond donors (Lipinski definition) is 2. The maximum Gasteiger partial charge on any atom is 0.152 e. The molecule has 0 fully saturated rings. The van der Waals surface area contributed by atoms with Gasteiger partial charge in [-0.1, -0.05) is 0 Å². The molecule has 0 bridgehead atoms. The molecule has 0 amide bonds. The van der Waals surface area contributed by atoms with Gasteiger partial charge in [-0.15, -0.1) is 0 Å². The molecule has 14 heavy (non-hydrogen) atoms. The number of hydrogen-bond acceptors (Lipinski definition) is 3. The Morgan fingerprint density at radius 2 is 2.07 bits per heavy atom. The van der Waals surface area contributed by atoms with Crippen LogP contribution < -0.4 is 5.73 Å². The molecular formula is C11H13NO2. The summed E-state index contributed by atoms with van der Waals surface area (Å²) in [6.07, 6.45) is 1.48. The molecule has 0 spiro atoms. The Morgan fingerprint density at radius 3 is 2.57 bits per heavy atom. The Kier molecular flexibility index (Phi) is 2.92. The second-order valence-electron chi connectivity index (χ2n) is 3.21. The second-order valence-corrected chi connectivity index (χ2v) is 3.21. The zero-order chi connectivity index (χ0) is 10.7. The van der Waals surface area contributed by atoms with Crippen LogP contribution in [-0.4, -0.2) is 10.9 Å². The molecular weight excluding hydrogens is 178 g/mol. The summed E-state index contributed by atoms with van der Waals surface area (Å²) in [5, 5.41) is 9.54. The molecule has 0 radical (unpaired) electrons. The van der Waals surface area contributed by atoms with Crippen molar-refractivity contribution in [2.24, 2.45) is 0 Å². The van der Waals surface area contributed by atoms with Crippen LogP contribution in [0, 0.1) is 0 Å². The fourth-order valence-electron chi connectivity index (χ4n) is 1.26. The van der Waals surface area contributed by atoms with E-state index < -0.39 is 0 Å². The fraction of sp³-hybridized carbons (Fsp3) is 0.182. The van der Waals surface area contributed by atoms with Crippen LogP contribution in [0.1, 0.15) is 19.4 Å². The lowest BCUT2D eigenvalue weighted by Crippen LogP contribution is -1.89. The van der Waals surface area contributed by atoms with Crippen molar-refractivity contribution >= 4 is 17.0 Å². The number of phenolic OH excluding ortho intramolecular Hbond substituents is 1. The van der Waals surface area contributed by atoms with E-state index in [2.05, 4.69) is 0 Å². The fourth-order valence-corrected chi connectivity index (χ4v) is 1.26. The van der Waals surface area contributed by atoms with E-state index in [0.717, 1.165) is 5.57 Å². The lowest BCUT2D eigenvalue weighted by atomic mass is 10.0. The number of anilines is 1. The number of carbonyl (C=O) groups is 1. The lowest BCUT2D eigenvalue weighted by Gasteiger charge is -2.04. The summed E-state index contributed by atoms with van der Waals surface area (Å²) in [7, 11) is 0. The van der Waals surface area contributed by atoms with Crippen LogP contribution in [0.4, 0.5) is 5.69 Å². The minimum atomic E-state index is -0.0428. The molecule has 0 saturated heterocycles. The van der Waals surface area contributed by atoms with Crippen molar-refractivity contribution in [3.63, 3.8) is 0 Å². The highest BCUT2D eigenvalue weighted by atomic mass is 16.3. The van der Waals surface area contributed by atoms with Crippen LogP contribution >= 0.6 is 0 Å². The third-order valence-corrected chi connectivity index (χ3v) is 1.87. The summed E-state index contributed by atoms with van der Waals surface area (Å²) in [6.45, 7) is 3.24. The van der Waals surface area contributed by atoms with E-state index in [-0.39, 0.29) is 11.5 Å². The summed E-state index contributed by atoms with van der Waals surface area (Å²) in [5.41, 5.74) is 7.35. The first kappa shape index (κ1) is 10.3. The molecule has 0 unspecified atom stereocenters. The van der Waals surface area contributed by atoms with E-state index in [1.54, 1.807) is 19.1 Å². The van der Waals surface area contributed by atoms with Crippen molar-refractivity contribution in [2.45, 2.75) is 13.8 Å². The predicted octanol–water partition coefficient (Wildman–Crippen LogP) is 1.97. The molecule has 1 rings (SSSR count). The van der Waals surface area contributed by atoms with Gasteiger partial charge in [-0.2, -0.15) is 0 Å². The second kappa shape index (κ2) is 3.96. The van der Waals surface area contributed by atoms with Crippen LogP contribution in [0.15, 0.2) is 24.3 Å². The van der Waals surface area contributed by atoms with Crippen molar-refractivity contribution in [3.05, 3.63) is 29.8 Å². The lowest BCUT2D eigenvalue weighted by molar-refractivity contribution is -0.112. The van der Waals surface area contributed by atoms with E-state index in [1.807, 2.05) is 0 Å². The molecule has 0 atom stereocenters. The van der Waals surface area contributed by atoms with Crippen molar-refractivity contribution in [1.82, 2.24) is 0 Å². The van der Waals surface area contributed by atoms with Crippen molar-refractivity contribution in [2.75, 3.05) is 5.73 Å². The van der Waals surface area contributed by atoms with Crippen molar-refractivity contribution in [3.8, 4) is 5.75 Å². The molecule has 74 valence electrons. The quantitative estimate of drug-likeness (QED) is 0.555. The summed E-state index contributed by atoms with van der Waals surface area (Å²) < 4.78 is 0. The van der Waals surface area contributed by atoms with Gasteiger partial charge in [0.2, 0.25) is 0 Å². The highest BCUT2D eigenvalue weighted by Gasteiger charge is 2.03. The van der Waals surface area contributed by atoms with Gasteiger partial charge < -0.3 is 10.8 Å². The number of benzene rings is 1. The van der Waals surface area contributed by atoms with Crippen LogP contribution in [0.5, 0.6) is 5.75 Å². The standard InChI is InChI=1S/C11H13NO2/c1-7(5-8(2)13)10-4-3-9(12)6-11(10)14/h3-6,14H,12H2,1-2H3/b7-5-.